The van der Waals surface area contributed by atoms with E-state index in [1.165, 1.54) is 5.56 Å². The third-order valence-electron chi connectivity index (χ3n) is 3.08. The molecule has 120 valence electrons. The second-order valence-corrected chi connectivity index (χ2v) is 5.06. The summed E-state index contributed by atoms with van der Waals surface area (Å²) in [5.41, 5.74) is 1.21. The van der Waals surface area contributed by atoms with Crippen LogP contribution in [0.5, 0.6) is 5.75 Å². The lowest BCUT2D eigenvalue weighted by Crippen LogP contribution is -2.33. The molecule has 21 heavy (non-hydrogen) atoms. The van der Waals surface area contributed by atoms with Gasteiger partial charge in [-0.1, -0.05) is 12.1 Å². The molecule has 0 spiro atoms. The lowest BCUT2D eigenvalue weighted by atomic mass is 10.1. The van der Waals surface area contributed by atoms with E-state index in [9.17, 15) is 5.11 Å². The molecule has 1 aromatic rings. The largest absolute Gasteiger partial charge is 0.497 e. The van der Waals surface area contributed by atoms with Gasteiger partial charge in [0.2, 0.25) is 0 Å². The lowest BCUT2D eigenvalue weighted by molar-refractivity contribution is -0.0310. The molecule has 2 unspecified atom stereocenters. The van der Waals surface area contributed by atoms with Crippen molar-refractivity contribution in [2.75, 3.05) is 40.5 Å². The van der Waals surface area contributed by atoms with Gasteiger partial charge in [0.15, 0.2) is 0 Å². The van der Waals surface area contributed by atoms with Crippen molar-refractivity contribution >= 4 is 0 Å². The number of nitrogens with one attached hydrogen (secondary N) is 1. The molecule has 1 aromatic carbocycles. The molecule has 0 radical (unpaired) electrons. The maximum atomic E-state index is 9.80. The molecule has 0 saturated carbocycles. The van der Waals surface area contributed by atoms with E-state index in [-0.39, 0.29) is 6.10 Å². The van der Waals surface area contributed by atoms with Crippen LogP contribution < -0.4 is 10.1 Å². The van der Waals surface area contributed by atoms with E-state index in [1.54, 1.807) is 14.2 Å². The summed E-state index contributed by atoms with van der Waals surface area (Å²) in [5.74, 6) is 0.869. The van der Waals surface area contributed by atoms with Crippen LogP contribution in [-0.2, 0) is 15.9 Å². The average molecular weight is 297 g/mol. The van der Waals surface area contributed by atoms with E-state index in [4.69, 9.17) is 14.2 Å². The van der Waals surface area contributed by atoms with Crippen LogP contribution in [0.3, 0.4) is 0 Å². The first-order valence-electron chi connectivity index (χ1n) is 7.28. The molecule has 1 rings (SSSR count). The Labute approximate surface area is 127 Å². The van der Waals surface area contributed by atoms with Crippen molar-refractivity contribution in [2.45, 2.75) is 25.6 Å². The molecule has 0 amide bonds. The summed E-state index contributed by atoms with van der Waals surface area (Å²) >= 11 is 0. The SMILES string of the molecule is COCC(C)OCC(O)CNCCc1cccc(OC)c1. The van der Waals surface area contributed by atoms with Crippen molar-refractivity contribution in [1.82, 2.24) is 5.32 Å². The van der Waals surface area contributed by atoms with Crippen LogP contribution >= 0.6 is 0 Å². The van der Waals surface area contributed by atoms with Gasteiger partial charge >= 0.3 is 0 Å². The van der Waals surface area contributed by atoms with Crippen LogP contribution in [-0.4, -0.2) is 57.8 Å². The number of benzene rings is 1. The Balaban J connectivity index is 2.12. The van der Waals surface area contributed by atoms with E-state index < -0.39 is 6.10 Å². The van der Waals surface area contributed by atoms with Crippen LogP contribution in [0, 0.1) is 0 Å². The fourth-order valence-electron chi connectivity index (χ4n) is 1.95. The number of hydrogen-bond donors (Lipinski definition) is 2. The molecular weight excluding hydrogens is 270 g/mol. The van der Waals surface area contributed by atoms with Gasteiger partial charge < -0.3 is 24.6 Å². The number of methoxy groups -OCH3 is 2. The molecule has 0 heterocycles. The molecule has 5 nitrogen and oxygen atoms in total. The number of aliphatic hydroxyl groups excluding tert-OH is 1. The zero-order valence-corrected chi connectivity index (χ0v) is 13.2. The standard InChI is InChI=1S/C16H27NO4/c1-13(11-19-2)21-12-15(18)10-17-8-7-14-5-4-6-16(9-14)20-3/h4-6,9,13,15,17-18H,7-8,10-12H2,1-3H3. The zero-order valence-electron chi connectivity index (χ0n) is 13.2. The summed E-state index contributed by atoms with van der Waals surface area (Å²) in [4.78, 5) is 0. The van der Waals surface area contributed by atoms with Gasteiger partial charge in [0.05, 0.1) is 32.5 Å². The topological polar surface area (TPSA) is 60.0 Å². The summed E-state index contributed by atoms with van der Waals surface area (Å²) in [7, 11) is 3.30. The summed E-state index contributed by atoms with van der Waals surface area (Å²) < 4.78 is 15.6. The lowest BCUT2D eigenvalue weighted by Gasteiger charge is -2.16. The van der Waals surface area contributed by atoms with Crippen LogP contribution in [0.2, 0.25) is 0 Å². The molecule has 0 aliphatic rings. The molecule has 5 heteroatoms. The molecule has 0 saturated heterocycles. The summed E-state index contributed by atoms with van der Waals surface area (Å²) in [6.07, 6.45) is 0.390. The second kappa shape index (κ2) is 10.6. The monoisotopic (exact) mass is 297 g/mol. The highest BCUT2D eigenvalue weighted by molar-refractivity contribution is 5.28. The molecule has 0 fully saturated rings. The van der Waals surface area contributed by atoms with Gasteiger partial charge in [-0.3, -0.25) is 0 Å². The average Bonchev–Trinajstić information content (AvgIpc) is 2.50. The number of ether oxygens (including phenoxy) is 3. The Morgan fingerprint density at radius 2 is 2.05 bits per heavy atom. The summed E-state index contributed by atoms with van der Waals surface area (Å²) in [6, 6.07) is 8.00. The van der Waals surface area contributed by atoms with Crippen LogP contribution in [0.1, 0.15) is 12.5 Å². The zero-order chi connectivity index (χ0) is 15.5. The minimum absolute atomic E-state index is 0.00133. The smallest absolute Gasteiger partial charge is 0.119 e. The van der Waals surface area contributed by atoms with Crippen molar-refractivity contribution in [3.05, 3.63) is 29.8 Å². The highest BCUT2D eigenvalue weighted by Crippen LogP contribution is 2.12. The van der Waals surface area contributed by atoms with Gasteiger partial charge in [-0.25, -0.2) is 0 Å². The van der Waals surface area contributed by atoms with Crippen LogP contribution in [0.25, 0.3) is 0 Å². The number of aliphatic hydroxyl groups is 1. The Morgan fingerprint density at radius 1 is 1.24 bits per heavy atom. The van der Waals surface area contributed by atoms with Crippen molar-refractivity contribution in [1.29, 1.82) is 0 Å². The molecule has 0 aromatic heterocycles. The summed E-state index contributed by atoms with van der Waals surface area (Å²) in [5, 5.41) is 13.0. The first-order valence-corrected chi connectivity index (χ1v) is 7.28. The van der Waals surface area contributed by atoms with Crippen molar-refractivity contribution in [3.8, 4) is 5.75 Å². The van der Waals surface area contributed by atoms with Crippen LogP contribution in [0.15, 0.2) is 24.3 Å². The Hall–Kier alpha value is -1.14. The quantitative estimate of drug-likeness (QED) is 0.602. The first kappa shape index (κ1) is 17.9. The van der Waals surface area contributed by atoms with Gasteiger partial charge in [0.1, 0.15) is 5.75 Å². The van der Waals surface area contributed by atoms with Crippen molar-refractivity contribution < 1.29 is 19.3 Å². The van der Waals surface area contributed by atoms with E-state index in [0.717, 1.165) is 18.7 Å². The third-order valence-corrected chi connectivity index (χ3v) is 3.08. The fraction of sp³-hybridized carbons (Fsp3) is 0.625. The maximum Gasteiger partial charge on any atom is 0.119 e. The first-order chi connectivity index (χ1) is 10.2. The maximum absolute atomic E-state index is 9.80. The molecule has 0 aliphatic carbocycles. The minimum atomic E-state index is -0.505. The highest BCUT2D eigenvalue weighted by atomic mass is 16.5. The van der Waals surface area contributed by atoms with Gasteiger partial charge in [0.25, 0.3) is 0 Å². The molecule has 2 N–H and O–H groups in total. The Kier molecular flexibility index (Phi) is 9.01. The molecule has 0 bridgehead atoms. The fourth-order valence-corrected chi connectivity index (χ4v) is 1.95. The van der Waals surface area contributed by atoms with Crippen molar-refractivity contribution in [2.24, 2.45) is 0 Å². The Bertz CT molecular complexity index is 386. The van der Waals surface area contributed by atoms with Gasteiger partial charge in [-0.05, 0) is 37.6 Å². The Morgan fingerprint density at radius 3 is 2.76 bits per heavy atom. The molecule has 2 atom stereocenters. The number of hydrogen-bond acceptors (Lipinski definition) is 5. The van der Waals surface area contributed by atoms with Gasteiger partial charge in [-0.15, -0.1) is 0 Å². The van der Waals surface area contributed by atoms with Crippen LogP contribution in [0.4, 0.5) is 0 Å². The normalized spacial score (nSPS) is 13.9. The minimum Gasteiger partial charge on any atom is -0.497 e. The summed E-state index contributed by atoms with van der Waals surface area (Å²) in [6.45, 7) is 4.10. The second-order valence-electron chi connectivity index (χ2n) is 5.06. The molecule has 0 aliphatic heterocycles. The highest BCUT2D eigenvalue weighted by Gasteiger charge is 2.07. The molecular formula is C16H27NO4. The van der Waals surface area contributed by atoms with E-state index in [2.05, 4.69) is 11.4 Å². The predicted molar refractivity (Wildman–Crippen MR) is 82.9 cm³/mol. The van der Waals surface area contributed by atoms with Gasteiger partial charge in [-0.2, -0.15) is 0 Å². The third kappa shape index (κ3) is 8.02. The van der Waals surface area contributed by atoms with Crippen molar-refractivity contribution in [3.63, 3.8) is 0 Å². The predicted octanol–water partition coefficient (Wildman–Crippen LogP) is 1.24. The van der Waals surface area contributed by atoms with E-state index >= 15 is 0 Å². The van der Waals surface area contributed by atoms with Gasteiger partial charge in [0, 0.05) is 13.7 Å². The van der Waals surface area contributed by atoms with E-state index in [0.29, 0.717) is 19.8 Å². The van der Waals surface area contributed by atoms with E-state index in [1.807, 2.05) is 25.1 Å². The number of rotatable bonds is 11.